The second-order valence-corrected chi connectivity index (χ2v) is 3.88. The van der Waals surface area contributed by atoms with E-state index in [0.717, 1.165) is 12.0 Å². The normalized spacial score (nSPS) is 10.4. The zero-order chi connectivity index (χ0) is 11.9. The lowest BCUT2D eigenvalue weighted by molar-refractivity contribution is 0.123. The number of ether oxygens (including phenoxy) is 1. The van der Waals surface area contributed by atoms with E-state index in [-0.39, 0.29) is 0 Å². The Bertz CT molecular complexity index is 440. The number of hydrogen-bond acceptors (Lipinski definition) is 3. The number of benzene rings is 1. The lowest BCUT2D eigenvalue weighted by Gasteiger charge is -2.04. The van der Waals surface area contributed by atoms with Crippen LogP contribution in [0, 0.1) is 0 Å². The minimum absolute atomic E-state index is 0.540. The molecule has 0 radical (unpaired) electrons. The van der Waals surface area contributed by atoms with Gasteiger partial charge in [-0.1, -0.05) is 36.4 Å². The standard InChI is InChI=1S/C14H16N2O/c15-14-7-6-13(10-16-14)11-17-9-8-12-4-2-1-3-5-12/h1-7,10H,8-9,11H2,(H2,15,16). The lowest BCUT2D eigenvalue weighted by atomic mass is 10.2. The van der Waals surface area contributed by atoms with Crippen LogP contribution in [0.25, 0.3) is 0 Å². The Morgan fingerprint density at radius 1 is 1.00 bits per heavy atom. The molecule has 0 bridgehead atoms. The summed E-state index contributed by atoms with van der Waals surface area (Å²) in [6, 6.07) is 14.0. The maximum atomic E-state index is 5.58. The summed E-state index contributed by atoms with van der Waals surface area (Å²) in [7, 11) is 0. The number of rotatable bonds is 5. The summed E-state index contributed by atoms with van der Waals surface area (Å²) in [5.74, 6) is 0.540. The third-order valence-corrected chi connectivity index (χ3v) is 2.49. The lowest BCUT2D eigenvalue weighted by Crippen LogP contribution is -2.00. The highest BCUT2D eigenvalue weighted by Crippen LogP contribution is 2.04. The minimum Gasteiger partial charge on any atom is -0.384 e. The van der Waals surface area contributed by atoms with Crippen LogP contribution in [0.15, 0.2) is 48.7 Å². The summed E-state index contributed by atoms with van der Waals surface area (Å²) in [6.45, 7) is 1.30. The van der Waals surface area contributed by atoms with Crippen LogP contribution in [-0.4, -0.2) is 11.6 Å². The van der Waals surface area contributed by atoms with Crippen molar-refractivity contribution in [2.24, 2.45) is 0 Å². The molecule has 0 spiro atoms. The fraction of sp³-hybridized carbons (Fsp3) is 0.214. The number of hydrogen-bond donors (Lipinski definition) is 1. The zero-order valence-corrected chi connectivity index (χ0v) is 9.67. The van der Waals surface area contributed by atoms with Gasteiger partial charge in [0.15, 0.2) is 0 Å². The van der Waals surface area contributed by atoms with E-state index in [1.165, 1.54) is 5.56 Å². The van der Waals surface area contributed by atoms with Crippen molar-refractivity contribution in [2.45, 2.75) is 13.0 Å². The molecule has 2 rings (SSSR count). The SMILES string of the molecule is Nc1ccc(COCCc2ccccc2)cn1. The molecule has 1 aromatic carbocycles. The molecular weight excluding hydrogens is 212 g/mol. The summed E-state index contributed by atoms with van der Waals surface area (Å²) in [6.07, 6.45) is 2.68. The Kier molecular flexibility index (Phi) is 4.11. The molecule has 0 amide bonds. The number of nitrogens with two attached hydrogens (primary N) is 1. The van der Waals surface area contributed by atoms with E-state index < -0.39 is 0 Å². The molecule has 17 heavy (non-hydrogen) atoms. The van der Waals surface area contributed by atoms with Gasteiger partial charge in [0.25, 0.3) is 0 Å². The summed E-state index contributed by atoms with van der Waals surface area (Å²) in [4.78, 5) is 4.01. The van der Waals surface area contributed by atoms with E-state index in [9.17, 15) is 0 Å². The molecule has 88 valence electrons. The Morgan fingerprint density at radius 3 is 2.53 bits per heavy atom. The Morgan fingerprint density at radius 2 is 1.82 bits per heavy atom. The maximum Gasteiger partial charge on any atom is 0.123 e. The first kappa shape index (κ1) is 11.6. The van der Waals surface area contributed by atoms with Gasteiger partial charge in [0.05, 0.1) is 13.2 Å². The van der Waals surface area contributed by atoms with E-state index in [2.05, 4.69) is 17.1 Å². The first-order chi connectivity index (χ1) is 8.34. The van der Waals surface area contributed by atoms with Gasteiger partial charge in [0, 0.05) is 6.20 Å². The van der Waals surface area contributed by atoms with E-state index in [1.807, 2.05) is 24.3 Å². The van der Waals surface area contributed by atoms with Gasteiger partial charge in [-0.15, -0.1) is 0 Å². The van der Waals surface area contributed by atoms with Crippen LogP contribution in [0.4, 0.5) is 5.82 Å². The van der Waals surface area contributed by atoms with Crippen LogP contribution in [-0.2, 0) is 17.8 Å². The Hall–Kier alpha value is -1.87. The predicted molar refractivity (Wildman–Crippen MR) is 68.5 cm³/mol. The van der Waals surface area contributed by atoms with Gasteiger partial charge in [0.2, 0.25) is 0 Å². The minimum atomic E-state index is 0.540. The predicted octanol–water partition coefficient (Wildman–Crippen LogP) is 2.42. The molecule has 2 aromatic rings. The number of nitrogens with zero attached hydrogens (tertiary/aromatic N) is 1. The smallest absolute Gasteiger partial charge is 0.123 e. The number of nitrogen functional groups attached to an aromatic ring is 1. The van der Waals surface area contributed by atoms with Crippen molar-refractivity contribution in [1.82, 2.24) is 4.98 Å². The molecule has 0 atom stereocenters. The Labute approximate surface area is 101 Å². The van der Waals surface area contributed by atoms with E-state index in [1.54, 1.807) is 12.3 Å². The van der Waals surface area contributed by atoms with Crippen molar-refractivity contribution in [1.29, 1.82) is 0 Å². The topological polar surface area (TPSA) is 48.1 Å². The van der Waals surface area contributed by atoms with Gasteiger partial charge in [-0.2, -0.15) is 0 Å². The molecular formula is C14H16N2O. The summed E-state index contributed by atoms with van der Waals surface area (Å²) in [5, 5.41) is 0. The monoisotopic (exact) mass is 228 g/mol. The van der Waals surface area contributed by atoms with Gasteiger partial charge in [0.1, 0.15) is 5.82 Å². The third kappa shape index (κ3) is 3.89. The van der Waals surface area contributed by atoms with Crippen LogP contribution in [0.5, 0.6) is 0 Å². The average molecular weight is 228 g/mol. The maximum absolute atomic E-state index is 5.58. The van der Waals surface area contributed by atoms with Crippen molar-refractivity contribution in [3.8, 4) is 0 Å². The van der Waals surface area contributed by atoms with Crippen LogP contribution in [0.2, 0.25) is 0 Å². The van der Waals surface area contributed by atoms with E-state index in [4.69, 9.17) is 10.5 Å². The molecule has 0 fully saturated rings. The molecule has 3 heteroatoms. The van der Waals surface area contributed by atoms with Gasteiger partial charge in [-0.3, -0.25) is 0 Å². The van der Waals surface area contributed by atoms with Gasteiger partial charge >= 0.3 is 0 Å². The summed E-state index contributed by atoms with van der Waals surface area (Å²) in [5.41, 5.74) is 7.85. The fourth-order valence-corrected chi connectivity index (χ4v) is 1.55. The number of pyridine rings is 1. The highest BCUT2D eigenvalue weighted by Gasteiger charge is 1.95. The summed E-state index contributed by atoms with van der Waals surface area (Å²) < 4.78 is 5.58. The van der Waals surface area contributed by atoms with Crippen molar-refractivity contribution >= 4 is 5.82 Å². The highest BCUT2D eigenvalue weighted by molar-refractivity contribution is 5.28. The van der Waals surface area contributed by atoms with Gasteiger partial charge in [-0.05, 0) is 23.6 Å². The molecule has 3 nitrogen and oxygen atoms in total. The van der Waals surface area contributed by atoms with Crippen molar-refractivity contribution in [3.63, 3.8) is 0 Å². The molecule has 0 unspecified atom stereocenters. The van der Waals surface area contributed by atoms with Gasteiger partial charge < -0.3 is 10.5 Å². The van der Waals surface area contributed by atoms with Crippen molar-refractivity contribution < 1.29 is 4.74 Å². The molecule has 2 N–H and O–H groups in total. The Balaban J connectivity index is 1.71. The third-order valence-electron chi connectivity index (χ3n) is 2.49. The van der Waals surface area contributed by atoms with E-state index >= 15 is 0 Å². The first-order valence-electron chi connectivity index (χ1n) is 5.66. The molecule has 0 aliphatic rings. The quantitative estimate of drug-likeness (QED) is 0.799. The molecule has 1 heterocycles. The fourth-order valence-electron chi connectivity index (χ4n) is 1.55. The van der Waals surface area contributed by atoms with Crippen molar-refractivity contribution in [2.75, 3.05) is 12.3 Å². The van der Waals surface area contributed by atoms with E-state index in [0.29, 0.717) is 19.0 Å². The van der Waals surface area contributed by atoms with Crippen molar-refractivity contribution in [3.05, 3.63) is 59.8 Å². The van der Waals surface area contributed by atoms with Crippen LogP contribution in [0.3, 0.4) is 0 Å². The molecule has 1 aromatic heterocycles. The van der Waals surface area contributed by atoms with Crippen LogP contribution in [0.1, 0.15) is 11.1 Å². The summed E-state index contributed by atoms with van der Waals surface area (Å²) >= 11 is 0. The second-order valence-electron chi connectivity index (χ2n) is 3.88. The number of aromatic nitrogens is 1. The molecule has 0 aliphatic carbocycles. The number of anilines is 1. The molecule has 0 saturated heterocycles. The molecule has 0 aliphatic heterocycles. The van der Waals surface area contributed by atoms with Crippen LogP contribution < -0.4 is 5.73 Å². The van der Waals surface area contributed by atoms with Gasteiger partial charge in [-0.25, -0.2) is 4.98 Å². The first-order valence-corrected chi connectivity index (χ1v) is 5.66. The largest absolute Gasteiger partial charge is 0.384 e. The van der Waals surface area contributed by atoms with Crippen LogP contribution >= 0.6 is 0 Å². The second kappa shape index (κ2) is 6.01. The molecule has 0 saturated carbocycles. The zero-order valence-electron chi connectivity index (χ0n) is 9.67. The highest BCUT2D eigenvalue weighted by atomic mass is 16.5. The average Bonchev–Trinajstić information content (AvgIpc) is 2.38.